The van der Waals surface area contributed by atoms with Crippen molar-refractivity contribution < 1.29 is 4.74 Å². The molecule has 2 aromatic rings. The Morgan fingerprint density at radius 3 is 3.10 bits per heavy atom. The predicted molar refractivity (Wildman–Crippen MR) is 82.2 cm³/mol. The molecule has 6 heteroatoms. The summed E-state index contributed by atoms with van der Waals surface area (Å²) in [6.45, 7) is 2.73. The monoisotopic (exact) mass is 287 g/mol. The summed E-state index contributed by atoms with van der Waals surface area (Å²) in [5, 5.41) is 0. The largest absolute Gasteiger partial charge is 0.463 e. The molecule has 3 rings (SSSR count). The van der Waals surface area contributed by atoms with Crippen molar-refractivity contribution in [1.29, 1.82) is 0 Å². The molecule has 1 unspecified atom stereocenters. The number of nitrogens with two attached hydrogens (primary N) is 1. The predicted octanol–water partition coefficient (Wildman–Crippen LogP) is 2.87. The number of ether oxygens (including phenoxy) is 1. The van der Waals surface area contributed by atoms with E-state index in [1.54, 1.807) is 6.33 Å². The molecule has 0 fully saturated rings. The first kappa shape index (κ1) is 13.9. The fourth-order valence-corrected chi connectivity index (χ4v) is 2.56. The van der Waals surface area contributed by atoms with Crippen LogP contribution in [0.5, 0.6) is 6.01 Å². The number of allylic oxidation sites excluding steroid dienone is 2. The van der Waals surface area contributed by atoms with Gasteiger partial charge in [0.25, 0.3) is 0 Å². The highest BCUT2D eigenvalue weighted by Crippen LogP contribution is 2.27. The highest BCUT2D eigenvalue weighted by molar-refractivity contribution is 5.82. The van der Waals surface area contributed by atoms with Crippen molar-refractivity contribution in [3.63, 3.8) is 0 Å². The first-order valence-electron chi connectivity index (χ1n) is 7.59. The van der Waals surface area contributed by atoms with Crippen LogP contribution in [0.15, 0.2) is 18.5 Å². The zero-order valence-corrected chi connectivity index (χ0v) is 12.3. The smallest absolute Gasteiger partial charge is 0.320 e. The number of rotatable bonds is 5. The summed E-state index contributed by atoms with van der Waals surface area (Å²) in [5.41, 5.74) is 7.38. The normalized spacial score (nSPS) is 18.2. The number of nitrogens with zero attached hydrogens (tertiary/aromatic N) is 4. The van der Waals surface area contributed by atoms with Crippen molar-refractivity contribution in [2.24, 2.45) is 0 Å². The molecule has 21 heavy (non-hydrogen) atoms. The van der Waals surface area contributed by atoms with Crippen LogP contribution in [-0.4, -0.2) is 26.1 Å². The number of imidazole rings is 1. The molecular formula is C15H21N5O. The maximum absolute atomic E-state index is 5.98. The lowest BCUT2D eigenvalue weighted by Gasteiger charge is -2.18. The van der Waals surface area contributed by atoms with E-state index in [1.165, 1.54) is 6.42 Å². The molecule has 2 aromatic heterocycles. The number of aromatic nitrogens is 4. The molecule has 0 saturated heterocycles. The molecule has 1 aliphatic carbocycles. The van der Waals surface area contributed by atoms with E-state index >= 15 is 0 Å². The topological polar surface area (TPSA) is 78.9 Å². The lowest BCUT2D eigenvalue weighted by molar-refractivity contribution is 0.286. The fraction of sp³-hybridized carbons (Fsp3) is 0.533. The van der Waals surface area contributed by atoms with Crippen LogP contribution < -0.4 is 10.5 Å². The van der Waals surface area contributed by atoms with Crippen LogP contribution in [0.4, 0.5) is 5.82 Å². The summed E-state index contributed by atoms with van der Waals surface area (Å²) in [6, 6.07) is 0.636. The van der Waals surface area contributed by atoms with Gasteiger partial charge in [-0.3, -0.25) is 0 Å². The van der Waals surface area contributed by atoms with E-state index in [0.29, 0.717) is 30.0 Å². The number of nitrogen functional groups attached to an aromatic ring is 1. The number of fused-ring (bicyclic) bond motifs is 1. The number of unbranched alkanes of at least 4 members (excludes halogenated alkanes) is 1. The van der Waals surface area contributed by atoms with E-state index < -0.39 is 0 Å². The zero-order chi connectivity index (χ0) is 14.7. The minimum absolute atomic E-state index is 0.293. The van der Waals surface area contributed by atoms with Gasteiger partial charge in [-0.2, -0.15) is 9.97 Å². The average Bonchev–Trinajstić information content (AvgIpc) is 2.93. The lowest BCUT2D eigenvalue weighted by Crippen LogP contribution is -2.10. The molecule has 0 radical (unpaired) electrons. The maximum Gasteiger partial charge on any atom is 0.320 e. The van der Waals surface area contributed by atoms with Crippen LogP contribution in [0.25, 0.3) is 11.2 Å². The maximum atomic E-state index is 5.98. The van der Waals surface area contributed by atoms with E-state index in [1.807, 2.05) is 0 Å². The third-order valence-corrected chi connectivity index (χ3v) is 3.74. The molecule has 0 spiro atoms. The van der Waals surface area contributed by atoms with Crippen LogP contribution in [-0.2, 0) is 0 Å². The molecule has 0 saturated carbocycles. The van der Waals surface area contributed by atoms with E-state index in [2.05, 4.69) is 38.6 Å². The van der Waals surface area contributed by atoms with Gasteiger partial charge in [-0.1, -0.05) is 25.5 Å². The summed E-state index contributed by atoms with van der Waals surface area (Å²) >= 11 is 0. The summed E-state index contributed by atoms with van der Waals surface area (Å²) in [4.78, 5) is 13.0. The van der Waals surface area contributed by atoms with Gasteiger partial charge in [-0.05, 0) is 25.7 Å². The number of anilines is 1. The van der Waals surface area contributed by atoms with Crippen molar-refractivity contribution in [2.75, 3.05) is 12.3 Å². The van der Waals surface area contributed by atoms with Crippen LogP contribution in [0.1, 0.15) is 45.1 Å². The van der Waals surface area contributed by atoms with Crippen molar-refractivity contribution in [2.45, 2.75) is 45.1 Å². The second-order valence-electron chi connectivity index (χ2n) is 5.34. The summed E-state index contributed by atoms with van der Waals surface area (Å²) in [5.74, 6) is 0.380. The van der Waals surface area contributed by atoms with Crippen LogP contribution in [0.3, 0.4) is 0 Å². The molecule has 0 amide bonds. The summed E-state index contributed by atoms with van der Waals surface area (Å²) in [7, 11) is 0. The third-order valence-electron chi connectivity index (χ3n) is 3.74. The molecule has 0 aromatic carbocycles. The van der Waals surface area contributed by atoms with Crippen LogP contribution in [0.2, 0.25) is 0 Å². The van der Waals surface area contributed by atoms with E-state index in [4.69, 9.17) is 10.5 Å². The van der Waals surface area contributed by atoms with Crippen LogP contribution in [0, 0.1) is 0 Å². The number of hydrogen-bond acceptors (Lipinski definition) is 5. The third kappa shape index (κ3) is 2.84. The Bertz CT molecular complexity index is 649. The Kier molecular flexibility index (Phi) is 4.03. The standard InChI is InChI=1S/C15H21N5O/c1-2-3-9-21-15-18-13(16)12-14(19-15)20(10-17-12)11-7-5-4-6-8-11/h5,7,10-11H,2-4,6,8-9H2,1H3,(H2,16,18,19). The van der Waals surface area contributed by atoms with Crippen molar-refractivity contribution in [1.82, 2.24) is 19.5 Å². The van der Waals surface area contributed by atoms with Gasteiger partial charge in [0.05, 0.1) is 19.0 Å². The van der Waals surface area contributed by atoms with Crippen molar-refractivity contribution in [3.05, 3.63) is 18.5 Å². The molecule has 0 aliphatic heterocycles. The summed E-state index contributed by atoms with van der Waals surface area (Å²) < 4.78 is 7.65. The molecular weight excluding hydrogens is 266 g/mol. The molecule has 112 valence electrons. The van der Waals surface area contributed by atoms with Crippen molar-refractivity contribution in [3.8, 4) is 6.01 Å². The lowest BCUT2D eigenvalue weighted by atomic mass is 10.0. The number of hydrogen-bond donors (Lipinski definition) is 1. The molecule has 6 nitrogen and oxygen atoms in total. The van der Waals surface area contributed by atoms with Gasteiger partial charge < -0.3 is 15.0 Å². The van der Waals surface area contributed by atoms with Gasteiger partial charge in [0.15, 0.2) is 17.0 Å². The second-order valence-corrected chi connectivity index (χ2v) is 5.34. The molecule has 1 aliphatic rings. The average molecular weight is 287 g/mol. The molecule has 2 N–H and O–H groups in total. The second kappa shape index (κ2) is 6.11. The first-order valence-corrected chi connectivity index (χ1v) is 7.59. The Balaban J connectivity index is 1.94. The Morgan fingerprint density at radius 2 is 2.33 bits per heavy atom. The van der Waals surface area contributed by atoms with E-state index in [-0.39, 0.29) is 0 Å². The zero-order valence-electron chi connectivity index (χ0n) is 12.3. The minimum atomic E-state index is 0.293. The molecule has 0 bridgehead atoms. The molecule has 2 heterocycles. The highest BCUT2D eigenvalue weighted by atomic mass is 16.5. The van der Waals surface area contributed by atoms with Gasteiger partial charge in [-0.15, -0.1) is 0 Å². The first-order chi connectivity index (χ1) is 10.3. The van der Waals surface area contributed by atoms with Crippen LogP contribution >= 0.6 is 0 Å². The Morgan fingerprint density at radius 1 is 1.43 bits per heavy atom. The van der Waals surface area contributed by atoms with Gasteiger partial charge >= 0.3 is 6.01 Å². The van der Waals surface area contributed by atoms with Crippen molar-refractivity contribution >= 4 is 17.0 Å². The highest BCUT2D eigenvalue weighted by Gasteiger charge is 2.17. The fourth-order valence-electron chi connectivity index (χ4n) is 2.56. The minimum Gasteiger partial charge on any atom is -0.463 e. The summed E-state index contributed by atoms with van der Waals surface area (Å²) in [6.07, 6.45) is 11.7. The van der Waals surface area contributed by atoms with Gasteiger partial charge in [0.1, 0.15) is 0 Å². The van der Waals surface area contributed by atoms with E-state index in [9.17, 15) is 0 Å². The van der Waals surface area contributed by atoms with Gasteiger partial charge in [0, 0.05) is 0 Å². The van der Waals surface area contributed by atoms with E-state index in [0.717, 1.165) is 31.3 Å². The SMILES string of the molecule is CCCCOc1nc(N)c2ncn(C3C=CCCC3)c2n1. The Hall–Kier alpha value is -2.11. The quantitative estimate of drug-likeness (QED) is 0.675. The van der Waals surface area contributed by atoms with Gasteiger partial charge in [0.2, 0.25) is 0 Å². The Labute approximate surface area is 124 Å². The van der Waals surface area contributed by atoms with Gasteiger partial charge in [-0.25, -0.2) is 4.98 Å². The molecule has 1 atom stereocenters.